The lowest BCUT2D eigenvalue weighted by molar-refractivity contribution is -0.107. The van der Waals surface area contributed by atoms with Crippen LogP contribution in [0.5, 0.6) is 0 Å². The van der Waals surface area contributed by atoms with Gasteiger partial charge in [0.1, 0.15) is 6.07 Å². The fourth-order valence-corrected chi connectivity index (χ4v) is 0.792. The Morgan fingerprint density at radius 1 is 1.08 bits per heavy atom. The smallest absolute Gasteiger partial charge is 0.248 e. The van der Waals surface area contributed by atoms with E-state index in [2.05, 4.69) is 13.8 Å². The lowest BCUT2D eigenvalue weighted by Gasteiger charge is -2.10. The Kier molecular flexibility index (Phi) is 9.07. The Balaban J connectivity index is 3.36. The maximum absolute atomic E-state index is 8.62. The van der Waals surface area contributed by atoms with E-state index in [9.17, 15) is 0 Å². The van der Waals surface area contributed by atoms with Crippen LogP contribution in [-0.4, -0.2) is 19.5 Å². The minimum Gasteiger partial charge on any atom is -0.341 e. The molecule has 0 aliphatic heterocycles. The number of hydrogen-bond donors (Lipinski definition) is 0. The summed E-state index contributed by atoms with van der Waals surface area (Å²) in [6.45, 7) is 5.40. The average molecular weight is 185 g/mol. The van der Waals surface area contributed by atoms with Gasteiger partial charge in [0.25, 0.3) is 0 Å². The zero-order valence-corrected chi connectivity index (χ0v) is 8.58. The lowest BCUT2D eigenvalue weighted by Crippen LogP contribution is -2.16. The summed E-state index contributed by atoms with van der Waals surface area (Å²) in [5.74, 6) is 0. The molecular weight excluding hydrogens is 166 g/mol. The summed E-state index contributed by atoms with van der Waals surface area (Å²) >= 11 is 0. The molecule has 0 aliphatic carbocycles. The van der Waals surface area contributed by atoms with Crippen molar-refractivity contribution in [1.29, 1.82) is 5.26 Å². The molecule has 0 fully saturated rings. The van der Waals surface area contributed by atoms with E-state index in [0.717, 1.165) is 25.7 Å². The van der Waals surface area contributed by atoms with Gasteiger partial charge in [0.2, 0.25) is 6.29 Å². The van der Waals surface area contributed by atoms with Crippen LogP contribution in [-0.2, 0) is 9.47 Å². The summed E-state index contributed by atoms with van der Waals surface area (Å²) in [5, 5.41) is 8.62. The summed E-state index contributed by atoms with van der Waals surface area (Å²) in [5.41, 5.74) is 0. The van der Waals surface area contributed by atoms with Crippen LogP contribution in [0.3, 0.4) is 0 Å². The largest absolute Gasteiger partial charge is 0.341 e. The van der Waals surface area contributed by atoms with Gasteiger partial charge in [-0.1, -0.05) is 26.7 Å². The van der Waals surface area contributed by atoms with Gasteiger partial charge in [0.05, 0.1) is 13.2 Å². The first-order valence-electron chi connectivity index (χ1n) is 4.98. The molecule has 0 aromatic heterocycles. The standard InChI is InChI=1S/C10H19NO2/c1-3-5-7-12-10(9-11)13-8-6-4-2/h10H,3-8H2,1-2H3. The average Bonchev–Trinajstić information content (AvgIpc) is 2.16. The SMILES string of the molecule is CCCCOC(C#N)OCCCC. The van der Waals surface area contributed by atoms with E-state index in [0.29, 0.717) is 13.2 Å². The van der Waals surface area contributed by atoms with E-state index in [-0.39, 0.29) is 0 Å². The quantitative estimate of drug-likeness (QED) is 0.431. The second-order valence-corrected chi connectivity index (χ2v) is 2.91. The number of nitrogens with zero attached hydrogens (tertiary/aromatic N) is 1. The highest BCUT2D eigenvalue weighted by molar-refractivity contribution is 4.75. The minimum atomic E-state index is -0.668. The molecule has 76 valence electrons. The molecule has 0 unspecified atom stereocenters. The first-order chi connectivity index (χ1) is 6.35. The third kappa shape index (κ3) is 7.76. The number of nitriles is 1. The van der Waals surface area contributed by atoms with Gasteiger partial charge < -0.3 is 9.47 Å². The van der Waals surface area contributed by atoms with Crippen molar-refractivity contribution in [2.75, 3.05) is 13.2 Å². The van der Waals surface area contributed by atoms with Crippen molar-refractivity contribution in [2.24, 2.45) is 0 Å². The third-order valence-corrected chi connectivity index (χ3v) is 1.64. The fourth-order valence-electron chi connectivity index (χ4n) is 0.792. The molecule has 0 bridgehead atoms. The van der Waals surface area contributed by atoms with Gasteiger partial charge in [0, 0.05) is 0 Å². The first kappa shape index (κ1) is 12.4. The van der Waals surface area contributed by atoms with Crippen molar-refractivity contribution in [3.63, 3.8) is 0 Å². The van der Waals surface area contributed by atoms with Crippen LogP contribution in [0, 0.1) is 11.3 Å². The summed E-state index contributed by atoms with van der Waals surface area (Å²) in [6, 6.07) is 1.98. The Morgan fingerprint density at radius 3 is 1.85 bits per heavy atom. The van der Waals surface area contributed by atoms with Gasteiger partial charge >= 0.3 is 0 Å². The van der Waals surface area contributed by atoms with Gasteiger partial charge in [-0.05, 0) is 12.8 Å². The maximum Gasteiger partial charge on any atom is 0.248 e. The van der Waals surface area contributed by atoms with Crippen LogP contribution in [0.1, 0.15) is 39.5 Å². The van der Waals surface area contributed by atoms with E-state index >= 15 is 0 Å². The molecule has 0 saturated heterocycles. The summed E-state index contributed by atoms with van der Waals surface area (Å²) < 4.78 is 10.4. The second-order valence-electron chi connectivity index (χ2n) is 2.91. The molecule has 0 radical (unpaired) electrons. The molecular formula is C10H19NO2. The zero-order valence-electron chi connectivity index (χ0n) is 8.58. The van der Waals surface area contributed by atoms with Crippen molar-refractivity contribution in [3.05, 3.63) is 0 Å². The third-order valence-electron chi connectivity index (χ3n) is 1.64. The van der Waals surface area contributed by atoms with Crippen LogP contribution in [0.25, 0.3) is 0 Å². The Bertz CT molecular complexity index is 132. The zero-order chi connectivity index (χ0) is 9.94. The summed E-state index contributed by atoms with van der Waals surface area (Å²) in [6.07, 6.45) is 3.45. The number of hydrogen-bond acceptors (Lipinski definition) is 3. The normalized spacial score (nSPS) is 10.3. The molecule has 0 rings (SSSR count). The molecule has 3 heteroatoms. The predicted molar refractivity (Wildman–Crippen MR) is 51.1 cm³/mol. The van der Waals surface area contributed by atoms with E-state index in [1.54, 1.807) is 0 Å². The molecule has 0 atom stereocenters. The minimum absolute atomic E-state index is 0.612. The van der Waals surface area contributed by atoms with Crippen LogP contribution >= 0.6 is 0 Å². The van der Waals surface area contributed by atoms with Gasteiger partial charge in [0.15, 0.2) is 0 Å². The molecule has 0 N–H and O–H groups in total. The molecule has 0 aromatic rings. The molecule has 0 spiro atoms. The van der Waals surface area contributed by atoms with Gasteiger partial charge in [-0.2, -0.15) is 5.26 Å². The monoisotopic (exact) mass is 185 g/mol. The highest BCUT2D eigenvalue weighted by Crippen LogP contribution is 1.98. The Morgan fingerprint density at radius 2 is 1.54 bits per heavy atom. The molecule has 0 aromatic carbocycles. The molecule has 3 nitrogen and oxygen atoms in total. The number of ether oxygens (including phenoxy) is 2. The number of unbranched alkanes of at least 4 members (excludes halogenated alkanes) is 2. The Hall–Kier alpha value is -0.590. The van der Waals surface area contributed by atoms with Gasteiger partial charge in [-0.3, -0.25) is 0 Å². The van der Waals surface area contributed by atoms with E-state index in [4.69, 9.17) is 14.7 Å². The topological polar surface area (TPSA) is 42.2 Å². The maximum atomic E-state index is 8.62. The van der Waals surface area contributed by atoms with Crippen molar-refractivity contribution in [1.82, 2.24) is 0 Å². The highest BCUT2D eigenvalue weighted by Gasteiger charge is 2.05. The summed E-state index contributed by atoms with van der Waals surface area (Å²) in [7, 11) is 0. The van der Waals surface area contributed by atoms with E-state index < -0.39 is 6.29 Å². The van der Waals surface area contributed by atoms with Gasteiger partial charge in [-0.15, -0.1) is 0 Å². The van der Waals surface area contributed by atoms with Crippen LogP contribution < -0.4 is 0 Å². The fraction of sp³-hybridized carbons (Fsp3) is 0.900. The second kappa shape index (κ2) is 9.50. The molecule has 0 aliphatic rings. The lowest BCUT2D eigenvalue weighted by atomic mass is 10.3. The number of rotatable bonds is 8. The molecule has 0 amide bonds. The molecule has 13 heavy (non-hydrogen) atoms. The highest BCUT2D eigenvalue weighted by atomic mass is 16.7. The molecule has 0 saturated carbocycles. The van der Waals surface area contributed by atoms with Crippen molar-refractivity contribution < 1.29 is 9.47 Å². The van der Waals surface area contributed by atoms with Crippen LogP contribution in [0.2, 0.25) is 0 Å². The van der Waals surface area contributed by atoms with Crippen LogP contribution in [0.4, 0.5) is 0 Å². The van der Waals surface area contributed by atoms with Crippen molar-refractivity contribution in [2.45, 2.75) is 45.8 Å². The predicted octanol–water partition coefficient (Wildman–Crippen LogP) is 2.47. The first-order valence-corrected chi connectivity index (χ1v) is 4.98. The molecule has 0 heterocycles. The van der Waals surface area contributed by atoms with E-state index in [1.807, 2.05) is 6.07 Å². The Labute approximate surface area is 80.6 Å². The van der Waals surface area contributed by atoms with E-state index in [1.165, 1.54) is 0 Å². The summed E-state index contributed by atoms with van der Waals surface area (Å²) in [4.78, 5) is 0. The van der Waals surface area contributed by atoms with Crippen LogP contribution in [0.15, 0.2) is 0 Å². The van der Waals surface area contributed by atoms with Gasteiger partial charge in [-0.25, -0.2) is 0 Å². The van der Waals surface area contributed by atoms with Crippen molar-refractivity contribution >= 4 is 0 Å². The van der Waals surface area contributed by atoms with Crippen molar-refractivity contribution in [3.8, 4) is 6.07 Å².